The molecule has 1 N–H and O–H groups in total. The number of nitrogens with zero attached hydrogens (tertiary/aromatic N) is 5. The van der Waals surface area contributed by atoms with E-state index < -0.39 is 0 Å². The maximum atomic E-state index is 5.21. The fourth-order valence-electron chi connectivity index (χ4n) is 1.82. The van der Waals surface area contributed by atoms with Gasteiger partial charge >= 0.3 is 0 Å². The van der Waals surface area contributed by atoms with Gasteiger partial charge in [0, 0.05) is 13.0 Å². The van der Waals surface area contributed by atoms with E-state index in [1.54, 1.807) is 4.68 Å². The summed E-state index contributed by atoms with van der Waals surface area (Å²) in [6, 6.07) is 0. The number of nitrogens with one attached hydrogen (secondary N) is 1. The molecule has 2 aromatic heterocycles. The van der Waals surface area contributed by atoms with E-state index in [-0.39, 0.29) is 0 Å². The van der Waals surface area contributed by atoms with Crippen LogP contribution >= 0.6 is 0 Å². The fraction of sp³-hybridized carbons (Fsp3) is 0.692. The molecular weight excluding hydrogens is 256 g/mol. The van der Waals surface area contributed by atoms with Gasteiger partial charge in [0.2, 0.25) is 5.89 Å². The number of aromatic nitrogens is 5. The third kappa shape index (κ3) is 4.41. The van der Waals surface area contributed by atoms with Crippen LogP contribution in [0.3, 0.4) is 0 Å². The zero-order valence-electron chi connectivity index (χ0n) is 12.2. The topological polar surface area (TPSA) is 81.7 Å². The second-order valence-corrected chi connectivity index (χ2v) is 4.79. The number of aryl methyl sites for hydroxylation is 1. The van der Waals surface area contributed by atoms with Gasteiger partial charge in [0.1, 0.15) is 6.54 Å². The lowest BCUT2D eigenvalue weighted by atomic mass is 10.2. The lowest BCUT2D eigenvalue weighted by Crippen LogP contribution is -2.13. The highest BCUT2D eigenvalue weighted by Crippen LogP contribution is 2.04. The molecular formula is C13H22N6O. The lowest BCUT2D eigenvalue weighted by molar-refractivity contribution is 0.359. The van der Waals surface area contributed by atoms with Crippen molar-refractivity contribution < 1.29 is 4.52 Å². The highest BCUT2D eigenvalue weighted by molar-refractivity contribution is 4.94. The van der Waals surface area contributed by atoms with Gasteiger partial charge in [-0.15, -0.1) is 5.10 Å². The first-order valence-electron chi connectivity index (χ1n) is 7.23. The van der Waals surface area contributed by atoms with Crippen molar-refractivity contribution in [3.8, 4) is 0 Å². The van der Waals surface area contributed by atoms with Crippen LogP contribution in [0.4, 0.5) is 0 Å². The minimum Gasteiger partial charge on any atom is -0.337 e. The SMILES string of the molecule is CCCCc1noc(Cn2cc(CNCCC)nn2)n1. The van der Waals surface area contributed by atoms with E-state index in [2.05, 4.69) is 39.6 Å². The van der Waals surface area contributed by atoms with Crippen molar-refractivity contribution in [1.82, 2.24) is 30.5 Å². The normalized spacial score (nSPS) is 11.1. The summed E-state index contributed by atoms with van der Waals surface area (Å²) >= 11 is 0. The molecule has 2 aromatic rings. The van der Waals surface area contributed by atoms with Gasteiger partial charge in [-0.25, -0.2) is 4.68 Å². The molecule has 0 aromatic carbocycles. The molecule has 0 spiro atoms. The van der Waals surface area contributed by atoms with Crippen molar-refractivity contribution in [2.45, 2.75) is 52.6 Å². The number of unbranched alkanes of at least 4 members (excludes halogenated alkanes) is 1. The quantitative estimate of drug-likeness (QED) is 0.701. The van der Waals surface area contributed by atoms with Crippen molar-refractivity contribution in [3.05, 3.63) is 23.6 Å². The van der Waals surface area contributed by atoms with Crippen LogP contribution in [0.1, 0.15) is 50.5 Å². The van der Waals surface area contributed by atoms with Crippen LogP contribution in [0.2, 0.25) is 0 Å². The maximum Gasteiger partial charge on any atom is 0.248 e. The van der Waals surface area contributed by atoms with Crippen LogP contribution in [0.15, 0.2) is 10.7 Å². The Hall–Kier alpha value is -1.76. The molecule has 2 heterocycles. The van der Waals surface area contributed by atoms with Gasteiger partial charge in [-0.05, 0) is 19.4 Å². The molecule has 0 fully saturated rings. The Labute approximate surface area is 118 Å². The largest absolute Gasteiger partial charge is 0.337 e. The molecule has 0 aliphatic heterocycles. The predicted molar refractivity (Wildman–Crippen MR) is 74.0 cm³/mol. The van der Waals surface area contributed by atoms with Crippen LogP contribution in [0, 0.1) is 0 Å². The zero-order chi connectivity index (χ0) is 14.2. The van der Waals surface area contributed by atoms with Crippen molar-refractivity contribution in [1.29, 1.82) is 0 Å². The molecule has 7 heteroatoms. The van der Waals surface area contributed by atoms with E-state index in [0.29, 0.717) is 12.4 Å². The summed E-state index contributed by atoms with van der Waals surface area (Å²) in [7, 11) is 0. The number of hydrogen-bond donors (Lipinski definition) is 1. The monoisotopic (exact) mass is 278 g/mol. The van der Waals surface area contributed by atoms with Crippen LogP contribution in [0.5, 0.6) is 0 Å². The molecule has 0 aliphatic carbocycles. The van der Waals surface area contributed by atoms with Crippen molar-refractivity contribution >= 4 is 0 Å². The summed E-state index contributed by atoms with van der Waals surface area (Å²) in [5.74, 6) is 1.35. The second-order valence-electron chi connectivity index (χ2n) is 4.79. The fourth-order valence-corrected chi connectivity index (χ4v) is 1.82. The van der Waals surface area contributed by atoms with Gasteiger partial charge in [-0.1, -0.05) is 30.6 Å². The Kier molecular flexibility index (Phi) is 5.67. The molecule has 0 atom stereocenters. The minimum absolute atomic E-state index is 0.472. The first-order chi connectivity index (χ1) is 9.81. The lowest BCUT2D eigenvalue weighted by Gasteiger charge is -1.97. The van der Waals surface area contributed by atoms with Crippen molar-refractivity contribution in [2.75, 3.05) is 6.54 Å². The zero-order valence-corrected chi connectivity index (χ0v) is 12.2. The van der Waals surface area contributed by atoms with Crippen LogP contribution in [-0.4, -0.2) is 31.7 Å². The smallest absolute Gasteiger partial charge is 0.248 e. The molecule has 0 saturated carbocycles. The van der Waals surface area contributed by atoms with E-state index in [9.17, 15) is 0 Å². The van der Waals surface area contributed by atoms with Crippen LogP contribution in [-0.2, 0) is 19.5 Å². The minimum atomic E-state index is 0.472. The summed E-state index contributed by atoms with van der Waals surface area (Å²) in [6.45, 7) is 6.47. The first-order valence-corrected chi connectivity index (χ1v) is 7.23. The third-order valence-corrected chi connectivity index (χ3v) is 2.88. The highest BCUT2D eigenvalue weighted by atomic mass is 16.5. The van der Waals surface area contributed by atoms with Gasteiger partial charge in [-0.3, -0.25) is 0 Å². The molecule has 0 saturated heterocycles. The molecule has 20 heavy (non-hydrogen) atoms. The average Bonchev–Trinajstić information content (AvgIpc) is 3.07. The molecule has 0 bridgehead atoms. The first kappa shape index (κ1) is 14.6. The Morgan fingerprint density at radius 3 is 3.00 bits per heavy atom. The van der Waals surface area contributed by atoms with Gasteiger partial charge in [0.25, 0.3) is 0 Å². The van der Waals surface area contributed by atoms with E-state index in [1.165, 1.54) is 0 Å². The van der Waals surface area contributed by atoms with E-state index in [1.807, 2.05) is 6.20 Å². The summed E-state index contributed by atoms with van der Waals surface area (Å²) in [5.41, 5.74) is 0.921. The van der Waals surface area contributed by atoms with E-state index in [0.717, 1.165) is 50.3 Å². The summed E-state index contributed by atoms with van der Waals surface area (Å²) in [5, 5.41) is 15.4. The Morgan fingerprint density at radius 2 is 2.20 bits per heavy atom. The van der Waals surface area contributed by atoms with Crippen molar-refractivity contribution in [2.24, 2.45) is 0 Å². The molecule has 0 aliphatic rings. The Balaban J connectivity index is 1.84. The van der Waals surface area contributed by atoms with Crippen molar-refractivity contribution in [3.63, 3.8) is 0 Å². The highest BCUT2D eigenvalue weighted by Gasteiger charge is 2.08. The molecule has 0 unspecified atom stereocenters. The average molecular weight is 278 g/mol. The summed E-state index contributed by atoms with van der Waals surface area (Å²) < 4.78 is 6.93. The molecule has 110 valence electrons. The van der Waals surface area contributed by atoms with Crippen LogP contribution in [0.25, 0.3) is 0 Å². The maximum absolute atomic E-state index is 5.21. The van der Waals surface area contributed by atoms with E-state index in [4.69, 9.17) is 4.52 Å². The van der Waals surface area contributed by atoms with Gasteiger partial charge in [-0.2, -0.15) is 4.98 Å². The van der Waals surface area contributed by atoms with Gasteiger partial charge in [0.05, 0.1) is 11.9 Å². The molecule has 0 radical (unpaired) electrons. The van der Waals surface area contributed by atoms with Crippen LogP contribution < -0.4 is 5.32 Å². The standard InChI is InChI=1S/C13H22N6O/c1-3-5-6-12-15-13(20-17-12)10-19-9-11(16-18-19)8-14-7-4-2/h9,14H,3-8,10H2,1-2H3. The predicted octanol–water partition coefficient (Wildman–Crippen LogP) is 1.55. The summed E-state index contributed by atoms with van der Waals surface area (Å²) in [4.78, 5) is 4.35. The van der Waals surface area contributed by atoms with E-state index >= 15 is 0 Å². The Bertz CT molecular complexity index is 506. The third-order valence-electron chi connectivity index (χ3n) is 2.88. The van der Waals surface area contributed by atoms with Gasteiger partial charge in [0.15, 0.2) is 5.82 Å². The number of rotatable bonds is 9. The Morgan fingerprint density at radius 1 is 1.30 bits per heavy atom. The second kappa shape index (κ2) is 7.74. The number of hydrogen-bond acceptors (Lipinski definition) is 6. The molecule has 7 nitrogen and oxygen atoms in total. The summed E-state index contributed by atoms with van der Waals surface area (Å²) in [6.07, 6.45) is 6.08. The molecule has 0 amide bonds. The van der Waals surface area contributed by atoms with Gasteiger partial charge < -0.3 is 9.84 Å². The molecule has 2 rings (SSSR count).